The molecule has 23 heavy (non-hydrogen) atoms. The van der Waals surface area contributed by atoms with Crippen molar-refractivity contribution in [1.82, 2.24) is 19.7 Å². The number of nitrogen functional groups attached to an aromatic ring is 1. The van der Waals surface area contributed by atoms with Gasteiger partial charge >= 0.3 is 5.97 Å². The van der Waals surface area contributed by atoms with Crippen molar-refractivity contribution in [2.45, 2.75) is 26.7 Å². The SMILES string of the molecule is CCOC(=O)C=Cc1cnn(-c2cc(Cl)nc(N)n2)c1C(C)C. The Morgan fingerprint density at radius 2 is 2.22 bits per heavy atom. The van der Waals surface area contributed by atoms with Crippen LogP contribution in [0.4, 0.5) is 5.95 Å². The van der Waals surface area contributed by atoms with Gasteiger partial charge in [-0.05, 0) is 18.9 Å². The third-order valence-corrected chi connectivity index (χ3v) is 3.18. The summed E-state index contributed by atoms with van der Waals surface area (Å²) in [6.45, 7) is 6.12. The molecule has 0 aromatic carbocycles. The summed E-state index contributed by atoms with van der Waals surface area (Å²) in [6, 6.07) is 1.58. The molecule has 2 heterocycles. The molecule has 0 atom stereocenters. The van der Waals surface area contributed by atoms with Gasteiger partial charge in [0, 0.05) is 17.7 Å². The van der Waals surface area contributed by atoms with E-state index in [4.69, 9.17) is 22.1 Å². The van der Waals surface area contributed by atoms with Crippen molar-refractivity contribution in [3.05, 3.63) is 34.7 Å². The summed E-state index contributed by atoms with van der Waals surface area (Å²) in [6.07, 6.45) is 4.69. The summed E-state index contributed by atoms with van der Waals surface area (Å²) >= 11 is 5.93. The molecule has 7 nitrogen and oxygen atoms in total. The van der Waals surface area contributed by atoms with E-state index < -0.39 is 5.97 Å². The first-order valence-corrected chi connectivity index (χ1v) is 7.53. The third-order valence-electron chi connectivity index (χ3n) is 2.98. The zero-order valence-electron chi connectivity index (χ0n) is 13.2. The predicted octanol–water partition coefficient (Wildman–Crippen LogP) is 2.60. The van der Waals surface area contributed by atoms with Crippen LogP contribution in [-0.4, -0.2) is 32.3 Å². The van der Waals surface area contributed by atoms with Gasteiger partial charge in [0.2, 0.25) is 5.95 Å². The summed E-state index contributed by atoms with van der Waals surface area (Å²) in [5, 5.41) is 4.56. The standard InChI is InChI=1S/C15H18ClN5O2/c1-4-23-13(22)6-5-10-8-18-21(14(10)9(2)3)12-7-11(16)19-15(17)20-12/h5-9H,4H2,1-3H3,(H2,17,19,20). The molecule has 0 unspecified atom stereocenters. The van der Waals surface area contributed by atoms with E-state index in [1.165, 1.54) is 6.08 Å². The number of hydrogen-bond acceptors (Lipinski definition) is 6. The minimum Gasteiger partial charge on any atom is -0.463 e. The van der Waals surface area contributed by atoms with E-state index in [0.717, 1.165) is 11.3 Å². The molecule has 0 aliphatic heterocycles. The lowest BCUT2D eigenvalue weighted by molar-refractivity contribution is -0.137. The van der Waals surface area contributed by atoms with Crippen LogP contribution >= 0.6 is 11.6 Å². The topological polar surface area (TPSA) is 95.9 Å². The molecule has 8 heteroatoms. The number of ether oxygens (including phenoxy) is 1. The highest BCUT2D eigenvalue weighted by atomic mass is 35.5. The van der Waals surface area contributed by atoms with Crippen molar-refractivity contribution in [3.63, 3.8) is 0 Å². The van der Waals surface area contributed by atoms with Gasteiger partial charge in [0.25, 0.3) is 0 Å². The van der Waals surface area contributed by atoms with E-state index in [1.807, 2.05) is 13.8 Å². The number of anilines is 1. The highest BCUT2D eigenvalue weighted by molar-refractivity contribution is 6.29. The second-order valence-electron chi connectivity index (χ2n) is 5.04. The molecule has 2 aromatic rings. The lowest BCUT2D eigenvalue weighted by Crippen LogP contribution is -2.09. The maximum Gasteiger partial charge on any atom is 0.330 e. The van der Waals surface area contributed by atoms with Crippen molar-refractivity contribution in [2.75, 3.05) is 12.3 Å². The zero-order valence-corrected chi connectivity index (χ0v) is 13.9. The molecular formula is C15H18ClN5O2. The van der Waals surface area contributed by atoms with Crippen LogP contribution < -0.4 is 5.73 Å². The van der Waals surface area contributed by atoms with Crippen molar-refractivity contribution in [2.24, 2.45) is 0 Å². The Morgan fingerprint density at radius 3 is 2.83 bits per heavy atom. The molecule has 122 valence electrons. The number of hydrogen-bond donors (Lipinski definition) is 1. The van der Waals surface area contributed by atoms with Crippen molar-refractivity contribution >= 4 is 29.6 Å². The van der Waals surface area contributed by atoms with Crippen molar-refractivity contribution in [1.29, 1.82) is 0 Å². The lowest BCUT2D eigenvalue weighted by Gasteiger charge is -2.11. The van der Waals surface area contributed by atoms with Crippen LogP contribution in [0.3, 0.4) is 0 Å². The van der Waals surface area contributed by atoms with Crippen LogP contribution in [0.2, 0.25) is 5.15 Å². The van der Waals surface area contributed by atoms with Gasteiger partial charge in [0.1, 0.15) is 5.15 Å². The van der Waals surface area contributed by atoms with Gasteiger partial charge < -0.3 is 10.5 Å². The van der Waals surface area contributed by atoms with Gasteiger partial charge in [-0.25, -0.2) is 14.5 Å². The molecule has 0 aliphatic rings. The number of nitrogens with zero attached hydrogens (tertiary/aromatic N) is 4. The molecule has 0 saturated heterocycles. The second-order valence-corrected chi connectivity index (χ2v) is 5.43. The summed E-state index contributed by atoms with van der Waals surface area (Å²) in [5.41, 5.74) is 7.31. The van der Waals surface area contributed by atoms with Crippen LogP contribution in [0, 0.1) is 0 Å². The summed E-state index contributed by atoms with van der Waals surface area (Å²) < 4.78 is 6.52. The van der Waals surface area contributed by atoms with Gasteiger partial charge in [-0.15, -0.1) is 0 Å². The molecule has 0 radical (unpaired) electrons. The Bertz CT molecular complexity index is 719. The fourth-order valence-corrected chi connectivity index (χ4v) is 2.32. The smallest absolute Gasteiger partial charge is 0.330 e. The Hall–Kier alpha value is -2.41. The van der Waals surface area contributed by atoms with E-state index in [2.05, 4.69) is 15.1 Å². The molecule has 2 N–H and O–H groups in total. The van der Waals surface area contributed by atoms with Crippen LogP contribution in [0.15, 0.2) is 18.3 Å². The van der Waals surface area contributed by atoms with E-state index in [1.54, 1.807) is 29.9 Å². The molecule has 0 saturated carbocycles. The van der Waals surface area contributed by atoms with Crippen LogP contribution in [0.1, 0.15) is 37.9 Å². The normalized spacial score (nSPS) is 11.3. The zero-order chi connectivity index (χ0) is 17.0. The molecule has 2 rings (SSSR count). The number of aromatic nitrogens is 4. The second kappa shape index (κ2) is 7.23. The number of carbonyl (C=O) groups excluding carboxylic acids is 1. The molecule has 0 fully saturated rings. The number of rotatable bonds is 5. The number of nitrogens with two attached hydrogens (primary N) is 1. The maximum absolute atomic E-state index is 11.5. The van der Waals surface area contributed by atoms with Gasteiger partial charge in [-0.3, -0.25) is 0 Å². The fraction of sp³-hybridized carbons (Fsp3) is 0.333. The van der Waals surface area contributed by atoms with Gasteiger partial charge in [0.05, 0.1) is 18.5 Å². The van der Waals surface area contributed by atoms with Crippen LogP contribution in [0.25, 0.3) is 11.9 Å². The monoisotopic (exact) mass is 335 g/mol. The Labute approximate surface area is 139 Å². The minimum absolute atomic E-state index is 0.0707. The van der Waals surface area contributed by atoms with Crippen LogP contribution in [-0.2, 0) is 9.53 Å². The number of halogens is 1. The van der Waals surface area contributed by atoms with E-state index in [0.29, 0.717) is 12.4 Å². The lowest BCUT2D eigenvalue weighted by atomic mass is 10.1. The van der Waals surface area contributed by atoms with Gasteiger partial charge in [0.15, 0.2) is 5.82 Å². The van der Waals surface area contributed by atoms with E-state index >= 15 is 0 Å². The summed E-state index contributed by atoms with van der Waals surface area (Å²) in [7, 11) is 0. The fourth-order valence-electron chi connectivity index (χ4n) is 2.14. The predicted molar refractivity (Wildman–Crippen MR) is 88.3 cm³/mol. The Morgan fingerprint density at radius 1 is 1.48 bits per heavy atom. The van der Waals surface area contributed by atoms with Crippen LogP contribution in [0.5, 0.6) is 0 Å². The largest absolute Gasteiger partial charge is 0.463 e. The highest BCUT2D eigenvalue weighted by Crippen LogP contribution is 2.24. The maximum atomic E-state index is 11.5. The number of carbonyl (C=O) groups is 1. The molecule has 0 amide bonds. The Balaban J connectivity index is 2.44. The quantitative estimate of drug-likeness (QED) is 0.512. The molecule has 0 bridgehead atoms. The highest BCUT2D eigenvalue weighted by Gasteiger charge is 2.16. The van der Waals surface area contributed by atoms with Crippen molar-refractivity contribution in [3.8, 4) is 5.82 Å². The Kier molecular flexibility index (Phi) is 5.33. The molecule has 2 aromatic heterocycles. The first kappa shape index (κ1) is 17.0. The molecule has 0 aliphatic carbocycles. The van der Waals surface area contributed by atoms with Crippen molar-refractivity contribution < 1.29 is 9.53 Å². The molecule has 0 spiro atoms. The first-order valence-electron chi connectivity index (χ1n) is 7.15. The average molecular weight is 336 g/mol. The van der Waals surface area contributed by atoms with Gasteiger partial charge in [-0.1, -0.05) is 25.4 Å². The minimum atomic E-state index is -0.399. The van der Waals surface area contributed by atoms with Gasteiger partial charge in [-0.2, -0.15) is 10.1 Å². The first-order chi connectivity index (χ1) is 10.9. The average Bonchev–Trinajstić information content (AvgIpc) is 2.88. The number of esters is 1. The third kappa shape index (κ3) is 4.07. The summed E-state index contributed by atoms with van der Waals surface area (Å²) in [5.74, 6) is 0.280. The molecular weight excluding hydrogens is 318 g/mol. The summed E-state index contributed by atoms with van der Waals surface area (Å²) in [4.78, 5) is 19.5. The van der Waals surface area contributed by atoms with E-state index in [9.17, 15) is 4.79 Å². The van der Waals surface area contributed by atoms with E-state index in [-0.39, 0.29) is 17.0 Å².